The molecular formula is C10H10N2O3. The largest absolute Gasteiger partial charge is 0.451 e. The fourth-order valence-corrected chi connectivity index (χ4v) is 0.896. The Morgan fingerprint density at radius 3 is 2.20 bits per heavy atom. The van der Waals surface area contributed by atoms with Gasteiger partial charge in [0.1, 0.15) is 5.75 Å². The number of carbonyl (C=O) groups is 2. The van der Waals surface area contributed by atoms with Crippen molar-refractivity contribution in [1.29, 1.82) is 0 Å². The molecule has 0 aromatic heterocycles. The van der Waals surface area contributed by atoms with Crippen molar-refractivity contribution >= 4 is 11.8 Å². The Kier molecular flexibility index (Phi) is 3.45. The van der Waals surface area contributed by atoms with Gasteiger partial charge in [0.2, 0.25) is 5.91 Å². The van der Waals surface area contributed by atoms with Crippen LogP contribution in [0.1, 0.15) is 0 Å². The summed E-state index contributed by atoms with van der Waals surface area (Å²) in [6.07, 6.45) is 0.843. The van der Waals surface area contributed by atoms with Crippen LogP contribution in [0.4, 0.5) is 0 Å². The van der Waals surface area contributed by atoms with E-state index in [4.69, 9.17) is 16.2 Å². The second kappa shape index (κ2) is 4.80. The molecule has 0 saturated carbocycles. The van der Waals surface area contributed by atoms with Crippen LogP contribution < -0.4 is 16.2 Å². The van der Waals surface area contributed by atoms with Gasteiger partial charge in [0, 0.05) is 0 Å². The van der Waals surface area contributed by atoms with Crippen molar-refractivity contribution in [2.75, 3.05) is 0 Å². The number of hydrogen-bond acceptors (Lipinski definition) is 3. The van der Waals surface area contributed by atoms with E-state index in [0.29, 0.717) is 5.75 Å². The lowest BCUT2D eigenvalue weighted by atomic mass is 10.3. The maximum Gasteiger partial charge on any atom is 0.284 e. The molecule has 4 N–H and O–H groups in total. The molecule has 78 valence electrons. The molecule has 0 fully saturated rings. The van der Waals surface area contributed by atoms with Crippen LogP contribution in [0.25, 0.3) is 0 Å². The fourth-order valence-electron chi connectivity index (χ4n) is 0.896. The number of rotatable bonds is 4. The number of benzene rings is 1. The third-order valence-corrected chi connectivity index (χ3v) is 1.49. The molecule has 0 saturated heterocycles. The van der Waals surface area contributed by atoms with Crippen LogP contribution in [0.15, 0.2) is 42.2 Å². The molecule has 0 heterocycles. The van der Waals surface area contributed by atoms with Crippen LogP contribution in [0.2, 0.25) is 0 Å². The number of primary amides is 2. The minimum Gasteiger partial charge on any atom is -0.451 e. The van der Waals surface area contributed by atoms with Gasteiger partial charge >= 0.3 is 0 Å². The average molecular weight is 206 g/mol. The molecule has 5 nitrogen and oxygen atoms in total. The minimum absolute atomic E-state index is 0.284. The van der Waals surface area contributed by atoms with Gasteiger partial charge in [-0.05, 0) is 12.1 Å². The van der Waals surface area contributed by atoms with Crippen LogP contribution in [-0.2, 0) is 9.59 Å². The van der Waals surface area contributed by atoms with E-state index in [-0.39, 0.29) is 5.76 Å². The first-order valence-corrected chi connectivity index (χ1v) is 4.13. The molecule has 1 aromatic rings. The van der Waals surface area contributed by atoms with E-state index in [1.54, 1.807) is 30.3 Å². The van der Waals surface area contributed by atoms with Gasteiger partial charge in [-0.25, -0.2) is 0 Å². The van der Waals surface area contributed by atoms with Crippen molar-refractivity contribution in [3.8, 4) is 5.75 Å². The van der Waals surface area contributed by atoms with Crippen molar-refractivity contribution in [3.63, 3.8) is 0 Å². The molecule has 0 bridgehead atoms. The van der Waals surface area contributed by atoms with Crippen LogP contribution in [-0.4, -0.2) is 11.8 Å². The van der Waals surface area contributed by atoms with Gasteiger partial charge in [-0.1, -0.05) is 18.2 Å². The smallest absolute Gasteiger partial charge is 0.284 e. The van der Waals surface area contributed by atoms with E-state index in [0.717, 1.165) is 6.08 Å². The van der Waals surface area contributed by atoms with Crippen LogP contribution >= 0.6 is 0 Å². The van der Waals surface area contributed by atoms with E-state index >= 15 is 0 Å². The van der Waals surface area contributed by atoms with Gasteiger partial charge in [-0.2, -0.15) is 0 Å². The Labute approximate surface area is 86.3 Å². The van der Waals surface area contributed by atoms with Crippen LogP contribution in [0.5, 0.6) is 5.75 Å². The minimum atomic E-state index is -0.849. The lowest BCUT2D eigenvalue weighted by molar-refractivity contribution is -0.118. The van der Waals surface area contributed by atoms with Gasteiger partial charge in [-0.3, -0.25) is 9.59 Å². The van der Waals surface area contributed by atoms with E-state index in [1.165, 1.54) is 0 Å². The molecule has 0 aliphatic rings. The molecule has 1 aromatic carbocycles. The lowest BCUT2D eigenvalue weighted by Crippen LogP contribution is -2.21. The zero-order valence-electron chi connectivity index (χ0n) is 7.84. The molecular weight excluding hydrogens is 196 g/mol. The normalized spacial score (nSPS) is 10.8. The highest BCUT2D eigenvalue weighted by atomic mass is 16.5. The third kappa shape index (κ3) is 3.51. The lowest BCUT2D eigenvalue weighted by Gasteiger charge is -2.05. The molecule has 0 atom stereocenters. The molecule has 15 heavy (non-hydrogen) atoms. The first kappa shape index (κ1) is 10.8. The molecule has 0 unspecified atom stereocenters. The zero-order valence-corrected chi connectivity index (χ0v) is 7.84. The third-order valence-electron chi connectivity index (χ3n) is 1.49. The molecule has 2 amide bonds. The Morgan fingerprint density at radius 2 is 1.73 bits per heavy atom. The second-order valence-electron chi connectivity index (χ2n) is 2.69. The molecule has 1 rings (SSSR count). The Hall–Kier alpha value is -2.30. The monoisotopic (exact) mass is 206 g/mol. The van der Waals surface area contributed by atoms with Crippen LogP contribution in [0, 0.1) is 0 Å². The summed E-state index contributed by atoms with van der Waals surface area (Å²) in [5.41, 5.74) is 9.87. The SMILES string of the molecule is NC(=O)C=C(Oc1ccccc1)C(N)=O. The first-order chi connectivity index (χ1) is 7.09. The predicted octanol–water partition coefficient (Wildman–Crippen LogP) is -0.0801. The summed E-state index contributed by atoms with van der Waals surface area (Å²) in [6.45, 7) is 0. The van der Waals surface area contributed by atoms with E-state index < -0.39 is 11.8 Å². The van der Waals surface area contributed by atoms with Gasteiger partial charge in [0.15, 0.2) is 5.76 Å². The number of ether oxygens (including phenoxy) is 1. The quantitative estimate of drug-likeness (QED) is 0.532. The van der Waals surface area contributed by atoms with Crippen molar-refractivity contribution in [2.45, 2.75) is 0 Å². The van der Waals surface area contributed by atoms with Crippen molar-refractivity contribution in [2.24, 2.45) is 11.5 Å². The first-order valence-electron chi connectivity index (χ1n) is 4.13. The summed E-state index contributed by atoms with van der Waals surface area (Å²) in [4.78, 5) is 21.4. The zero-order chi connectivity index (χ0) is 11.3. The Balaban J connectivity index is 2.86. The molecule has 0 aliphatic carbocycles. The number of hydrogen-bond donors (Lipinski definition) is 2. The molecule has 0 radical (unpaired) electrons. The summed E-state index contributed by atoms with van der Waals surface area (Å²) in [7, 11) is 0. The molecule has 5 heteroatoms. The maximum atomic E-state index is 10.9. The molecule has 0 spiro atoms. The number of carbonyl (C=O) groups excluding carboxylic acids is 2. The van der Waals surface area contributed by atoms with Crippen molar-refractivity contribution < 1.29 is 14.3 Å². The summed E-state index contributed by atoms with van der Waals surface area (Å²) in [5.74, 6) is -1.52. The molecule has 0 aliphatic heterocycles. The van der Waals surface area contributed by atoms with Crippen molar-refractivity contribution in [1.82, 2.24) is 0 Å². The number of amides is 2. The Bertz CT molecular complexity index is 398. The van der Waals surface area contributed by atoms with E-state index in [9.17, 15) is 9.59 Å². The van der Waals surface area contributed by atoms with Crippen molar-refractivity contribution in [3.05, 3.63) is 42.2 Å². The van der Waals surface area contributed by atoms with Gasteiger partial charge in [0.05, 0.1) is 6.08 Å². The summed E-state index contributed by atoms with van der Waals surface area (Å²) in [6, 6.07) is 8.47. The highest BCUT2D eigenvalue weighted by Crippen LogP contribution is 2.12. The van der Waals surface area contributed by atoms with E-state index in [1.807, 2.05) is 0 Å². The van der Waals surface area contributed by atoms with Gasteiger partial charge in [0.25, 0.3) is 5.91 Å². The maximum absolute atomic E-state index is 10.9. The Morgan fingerprint density at radius 1 is 1.13 bits per heavy atom. The second-order valence-corrected chi connectivity index (χ2v) is 2.69. The summed E-state index contributed by atoms with van der Waals surface area (Å²) < 4.78 is 5.07. The number of nitrogens with two attached hydrogens (primary N) is 2. The highest BCUT2D eigenvalue weighted by Gasteiger charge is 2.08. The standard InChI is InChI=1S/C10H10N2O3/c11-9(13)6-8(10(12)14)15-7-4-2-1-3-5-7/h1-6H,(H2,11,13)(H2,12,14). The summed E-state index contributed by atoms with van der Waals surface area (Å²) >= 11 is 0. The van der Waals surface area contributed by atoms with E-state index in [2.05, 4.69) is 0 Å². The van der Waals surface area contributed by atoms with Gasteiger partial charge < -0.3 is 16.2 Å². The van der Waals surface area contributed by atoms with Gasteiger partial charge in [-0.15, -0.1) is 0 Å². The topological polar surface area (TPSA) is 95.4 Å². The fraction of sp³-hybridized carbons (Fsp3) is 0. The highest BCUT2D eigenvalue weighted by molar-refractivity contribution is 5.98. The predicted molar refractivity (Wildman–Crippen MR) is 53.5 cm³/mol. The average Bonchev–Trinajstić information content (AvgIpc) is 2.17. The number of para-hydroxylation sites is 1. The van der Waals surface area contributed by atoms with Crippen LogP contribution in [0.3, 0.4) is 0 Å². The summed E-state index contributed by atoms with van der Waals surface area (Å²) in [5, 5.41) is 0.